The van der Waals surface area contributed by atoms with E-state index in [2.05, 4.69) is 39.6 Å². The van der Waals surface area contributed by atoms with Gasteiger partial charge in [0.05, 0.1) is 13.2 Å². The Morgan fingerprint density at radius 1 is 0.857 bits per heavy atom. The van der Waals surface area contributed by atoms with E-state index >= 15 is 0 Å². The summed E-state index contributed by atoms with van der Waals surface area (Å²) in [5, 5.41) is 14.6. The van der Waals surface area contributed by atoms with E-state index in [1.54, 1.807) is 0 Å². The quantitative estimate of drug-likeness (QED) is 0.165. The minimum atomic E-state index is -1.05. The Labute approximate surface area is 293 Å². The molecule has 4 aliphatic rings. The molecule has 0 radical (unpaired) electrons. The van der Waals surface area contributed by atoms with E-state index < -0.39 is 11.5 Å². The number of ether oxygens (including phenoxy) is 2. The topological polar surface area (TPSA) is 93.6 Å². The first-order valence-corrected chi connectivity index (χ1v) is 18.3. The molecule has 2 heterocycles. The molecule has 2 aromatic heterocycles. The van der Waals surface area contributed by atoms with Crippen LogP contribution in [-0.4, -0.2) is 39.8 Å². The average molecular weight is 678 g/mol. The Hall–Kier alpha value is -4.10. The second kappa shape index (κ2) is 13.3. The summed E-state index contributed by atoms with van der Waals surface area (Å²) in [6, 6.07) is 20.2. The second-order valence-corrected chi connectivity index (χ2v) is 15.1. The van der Waals surface area contributed by atoms with Crippen molar-refractivity contribution in [3.05, 3.63) is 112 Å². The minimum Gasteiger partial charge on any atom is -0.493 e. The number of carboxylic acid groups (broad SMARTS) is 1. The lowest BCUT2D eigenvalue weighted by atomic mass is 9.59. The van der Waals surface area contributed by atoms with Crippen molar-refractivity contribution in [2.24, 2.45) is 11.8 Å². The van der Waals surface area contributed by atoms with Crippen LogP contribution < -0.4 is 14.8 Å². The second-order valence-electron chi connectivity index (χ2n) is 14.6. The van der Waals surface area contributed by atoms with Crippen molar-refractivity contribution < 1.29 is 19.4 Å². The van der Waals surface area contributed by atoms with Gasteiger partial charge in [-0.15, -0.1) is 0 Å². The van der Waals surface area contributed by atoms with E-state index in [1.807, 2.05) is 48.8 Å². The van der Waals surface area contributed by atoms with Gasteiger partial charge < -0.3 is 19.9 Å². The Balaban J connectivity index is 1.06. The number of benzene rings is 2. The number of hydrogen-bond acceptors (Lipinski definition) is 6. The molecule has 1 fully saturated rings. The number of halogens is 1. The summed E-state index contributed by atoms with van der Waals surface area (Å²) in [6.07, 6.45) is 14.6. The smallest absolute Gasteiger partial charge is 0.329 e. The van der Waals surface area contributed by atoms with E-state index in [-0.39, 0.29) is 11.3 Å². The van der Waals surface area contributed by atoms with Crippen LogP contribution in [0, 0.1) is 11.8 Å². The van der Waals surface area contributed by atoms with Gasteiger partial charge in [-0.3, -0.25) is 9.97 Å². The van der Waals surface area contributed by atoms with Gasteiger partial charge >= 0.3 is 5.97 Å². The fraction of sp³-hybridized carbons (Fsp3) is 0.439. The highest BCUT2D eigenvalue weighted by atomic mass is 35.5. The molecule has 8 rings (SSSR count). The van der Waals surface area contributed by atoms with E-state index in [0.29, 0.717) is 37.0 Å². The number of nitrogens with zero attached hydrogens (tertiary/aromatic N) is 2. The molecule has 0 amide bonds. The van der Waals surface area contributed by atoms with Crippen molar-refractivity contribution >= 4 is 23.3 Å². The van der Waals surface area contributed by atoms with Crippen LogP contribution in [0.5, 0.6) is 11.5 Å². The molecule has 0 bridgehead atoms. The van der Waals surface area contributed by atoms with Crippen LogP contribution in [0.1, 0.15) is 78.6 Å². The van der Waals surface area contributed by atoms with Gasteiger partial charge in [-0.05, 0) is 130 Å². The van der Waals surface area contributed by atoms with Gasteiger partial charge in [0.15, 0.2) is 0 Å². The van der Waals surface area contributed by atoms with Crippen LogP contribution >= 0.6 is 11.6 Å². The first kappa shape index (κ1) is 32.1. The Morgan fingerprint density at radius 3 is 2.14 bits per heavy atom. The van der Waals surface area contributed by atoms with Gasteiger partial charge in [0.1, 0.15) is 17.0 Å². The minimum absolute atomic E-state index is 0.111. The molecular weight excluding hydrogens is 634 g/mol. The van der Waals surface area contributed by atoms with Crippen molar-refractivity contribution in [2.75, 3.05) is 18.5 Å². The van der Waals surface area contributed by atoms with E-state index in [9.17, 15) is 9.90 Å². The molecule has 4 aromatic rings. The number of anilines is 1. The summed E-state index contributed by atoms with van der Waals surface area (Å²) in [6.45, 7) is 1.12. The summed E-state index contributed by atoms with van der Waals surface area (Å²) < 4.78 is 13.3. The fourth-order valence-corrected chi connectivity index (χ4v) is 9.53. The largest absolute Gasteiger partial charge is 0.493 e. The predicted octanol–water partition coefficient (Wildman–Crippen LogP) is 8.19. The summed E-state index contributed by atoms with van der Waals surface area (Å²) in [5.74, 6) is 1.59. The van der Waals surface area contributed by atoms with Crippen molar-refractivity contribution in [3.63, 3.8) is 0 Å². The van der Waals surface area contributed by atoms with Crippen molar-refractivity contribution in [3.8, 4) is 11.5 Å². The van der Waals surface area contributed by atoms with Crippen LogP contribution in [0.4, 0.5) is 5.69 Å². The number of nitrogens with one attached hydrogen (secondary N) is 1. The van der Waals surface area contributed by atoms with Gasteiger partial charge in [0.2, 0.25) is 0 Å². The van der Waals surface area contributed by atoms with Crippen LogP contribution in [0.25, 0.3) is 0 Å². The molecule has 0 saturated heterocycles. The monoisotopic (exact) mass is 677 g/mol. The molecule has 7 nitrogen and oxygen atoms in total. The maximum Gasteiger partial charge on any atom is 0.329 e. The molecule has 1 spiro atoms. The van der Waals surface area contributed by atoms with Crippen LogP contribution in [0.3, 0.4) is 0 Å². The van der Waals surface area contributed by atoms with Gasteiger partial charge in [0.25, 0.3) is 0 Å². The summed E-state index contributed by atoms with van der Waals surface area (Å²) >= 11 is 6.28. The summed E-state index contributed by atoms with van der Waals surface area (Å²) in [4.78, 5) is 22.2. The molecule has 254 valence electrons. The third-order valence-corrected chi connectivity index (χ3v) is 12.1. The Morgan fingerprint density at radius 2 is 1.51 bits per heavy atom. The first-order chi connectivity index (χ1) is 23.9. The summed E-state index contributed by atoms with van der Waals surface area (Å²) in [7, 11) is 0. The molecule has 49 heavy (non-hydrogen) atoms. The molecule has 4 aliphatic carbocycles. The summed E-state index contributed by atoms with van der Waals surface area (Å²) in [5.41, 5.74) is 7.20. The molecule has 0 unspecified atom stereocenters. The van der Waals surface area contributed by atoms with Crippen molar-refractivity contribution in [1.82, 2.24) is 9.97 Å². The zero-order chi connectivity index (χ0) is 33.4. The highest BCUT2D eigenvalue weighted by Gasteiger charge is 2.54. The number of aryl methyl sites for hydroxylation is 2. The number of aliphatic carboxylic acids is 1. The van der Waals surface area contributed by atoms with Crippen LogP contribution in [0.2, 0.25) is 5.02 Å². The highest BCUT2D eigenvalue weighted by molar-refractivity contribution is 6.30. The first-order valence-electron chi connectivity index (χ1n) is 18.0. The molecule has 1 atom stereocenters. The third kappa shape index (κ3) is 6.16. The Bertz CT molecular complexity index is 1790. The normalized spacial score (nSPS) is 23.7. The highest BCUT2D eigenvalue weighted by Crippen LogP contribution is 2.56. The lowest BCUT2D eigenvalue weighted by Gasteiger charge is -2.47. The molecule has 1 saturated carbocycles. The third-order valence-electron chi connectivity index (χ3n) is 11.9. The fourth-order valence-electron chi connectivity index (χ4n) is 9.34. The maximum absolute atomic E-state index is 12.9. The molecular formula is C41H44ClN3O4. The number of carboxylic acids is 1. The molecule has 8 heteroatoms. The van der Waals surface area contributed by atoms with Gasteiger partial charge in [-0.25, -0.2) is 4.79 Å². The number of pyridine rings is 2. The number of fused-ring (bicyclic) bond motifs is 4. The van der Waals surface area contributed by atoms with E-state index in [1.165, 1.54) is 33.6 Å². The average Bonchev–Trinajstić information content (AvgIpc) is 3.86. The van der Waals surface area contributed by atoms with Crippen molar-refractivity contribution in [1.29, 1.82) is 0 Å². The number of aromatic nitrogens is 2. The predicted molar refractivity (Wildman–Crippen MR) is 191 cm³/mol. The molecule has 2 N–H and O–H groups in total. The number of hydrogen-bond donors (Lipinski definition) is 2. The maximum atomic E-state index is 12.9. The molecule has 2 aromatic carbocycles. The zero-order valence-electron chi connectivity index (χ0n) is 27.9. The van der Waals surface area contributed by atoms with Gasteiger partial charge in [-0.1, -0.05) is 41.9 Å². The van der Waals surface area contributed by atoms with Gasteiger partial charge in [0, 0.05) is 51.5 Å². The van der Waals surface area contributed by atoms with Crippen molar-refractivity contribution in [2.45, 2.75) is 88.0 Å². The molecule has 0 aliphatic heterocycles. The standard InChI is InChI=1S/C41H44ClN3O4/c42-30-7-3-8-31(24-30)45-41(39(46)47)18-16-40(17-19-41)29(23-28-6-1-2-11-34(28)40)22-27(25-48-37-14-20-43-35-12-4-9-32(35)37)26-49-38-15-21-44-36-13-5-10-33(36)38/h1-3,6-8,11,14-15,20-21,24,27,29,45H,4-5,9-10,12-13,16-19,22-23,25-26H2,(H,46,47)/t29-,40?,41?/m1/s1. The number of rotatable bonds is 11. The Kier molecular flexibility index (Phi) is 8.73. The van der Waals surface area contributed by atoms with E-state index in [0.717, 1.165) is 81.4 Å². The van der Waals surface area contributed by atoms with Gasteiger partial charge in [-0.2, -0.15) is 0 Å². The lowest BCUT2D eigenvalue weighted by molar-refractivity contribution is -0.144. The van der Waals surface area contributed by atoms with Crippen LogP contribution in [0.15, 0.2) is 73.1 Å². The van der Waals surface area contributed by atoms with Crippen LogP contribution in [-0.2, 0) is 42.3 Å². The SMILES string of the molecule is O=C(O)C1(Nc2cccc(Cl)c2)CCC2(CC1)c1ccccc1C[C@H]2CC(COc1ccnc2c1CCC2)COc1ccnc2c1CCC2. The van der Waals surface area contributed by atoms with E-state index in [4.69, 9.17) is 21.1 Å². The zero-order valence-corrected chi connectivity index (χ0v) is 28.7. The lowest BCUT2D eigenvalue weighted by Crippen LogP contribution is -2.53. The number of carbonyl (C=O) groups is 1.